The van der Waals surface area contributed by atoms with Crippen molar-refractivity contribution in [2.75, 3.05) is 6.61 Å². The van der Waals surface area contributed by atoms with Gasteiger partial charge in [0.1, 0.15) is 0 Å². The van der Waals surface area contributed by atoms with Crippen molar-refractivity contribution < 1.29 is 9.53 Å². The number of nitriles is 1. The van der Waals surface area contributed by atoms with Crippen LogP contribution >= 0.6 is 11.6 Å². The third-order valence-electron chi connectivity index (χ3n) is 2.33. The largest absolute Gasteiger partial charge is 0.465 e. The Balaban J connectivity index is 3.10. The van der Waals surface area contributed by atoms with Crippen LogP contribution in [0, 0.1) is 11.3 Å². The Kier molecular flexibility index (Phi) is 3.92. The van der Waals surface area contributed by atoms with E-state index in [9.17, 15) is 4.79 Å². The molecule has 1 atom stereocenters. The molecule has 1 unspecified atom stereocenters. The van der Waals surface area contributed by atoms with Crippen LogP contribution in [0.1, 0.15) is 19.4 Å². The fourth-order valence-corrected chi connectivity index (χ4v) is 1.41. The molecule has 3 nitrogen and oxygen atoms in total. The lowest BCUT2D eigenvalue weighted by atomic mass is 9.84. The summed E-state index contributed by atoms with van der Waals surface area (Å²) in [5.41, 5.74) is -0.696. The minimum absolute atomic E-state index is 0.254. The van der Waals surface area contributed by atoms with Crippen LogP contribution in [0.4, 0.5) is 0 Å². The molecule has 84 valence electrons. The van der Waals surface area contributed by atoms with E-state index in [1.165, 1.54) is 6.92 Å². The molecule has 1 rings (SSSR count). The monoisotopic (exact) mass is 237 g/mol. The number of benzene rings is 1. The molecule has 0 aromatic heterocycles. The van der Waals surface area contributed by atoms with Crippen molar-refractivity contribution in [2.24, 2.45) is 0 Å². The van der Waals surface area contributed by atoms with Crippen molar-refractivity contribution in [3.8, 4) is 6.07 Å². The number of esters is 1. The van der Waals surface area contributed by atoms with Gasteiger partial charge in [0.05, 0.1) is 12.7 Å². The van der Waals surface area contributed by atoms with Gasteiger partial charge in [0.25, 0.3) is 0 Å². The van der Waals surface area contributed by atoms with Crippen LogP contribution in [-0.4, -0.2) is 12.6 Å². The molecule has 0 fully saturated rings. The van der Waals surface area contributed by atoms with Crippen LogP contribution in [0.15, 0.2) is 24.3 Å². The van der Waals surface area contributed by atoms with E-state index >= 15 is 0 Å². The highest BCUT2D eigenvalue weighted by molar-refractivity contribution is 6.30. The summed E-state index contributed by atoms with van der Waals surface area (Å²) in [4.78, 5) is 11.7. The first-order chi connectivity index (χ1) is 7.54. The van der Waals surface area contributed by atoms with Crippen molar-refractivity contribution in [1.29, 1.82) is 5.26 Å². The molecule has 0 radical (unpaired) electrons. The second kappa shape index (κ2) is 5.00. The van der Waals surface area contributed by atoms with Gasteiger partial charge in [-0.15, -0.1) is 0 Å². The highest BCUT2D eigenvalue weighted by Gasteiger charge is 2.36. The van der Waals surface area contributed by atoms with Gasteiger partial charge in [-0.2, -0.15) is 5.26 Å². The quantitative estimate of drug-likeness (QED) is 0.760. The maximum absolute atomic E-state index is 11.7. The minimum Gasteiger partial charge on any atom is -0.465 e. The highest BCUT2D eigenvalue weighted by Crippen LogP contribution is 2.26. The lowest BCUT2D eigenvalue weighted by Crippen LogP contribution is -2.32. The number of rotatable bonds is 3. The van der Waals surface area contributed by atoms with E-state index in [4.69, 9.17) is 21.6 Å². The Morgan fingerprint density at radius 2 is 2.06 bits per heavy atom. The lowest BCUT2D eigenvalue weighted by Gasteiger charge is -2.19. The molecule has 1 aromatic carbocycles. The Morgan fingerprint density at radius 1 is 1.50 bits per heavy atom. The summed E-state index contributed by atoms with van der Waals surface area (Å²) in [6.45, 7) is 3.50. The molecule has 0 spiro atoms. The maximum atomic E-state index is 11.7. The Hall–Kier alpha value is -1.53. The van der Waals surface area contributed by atoms with Crippen molar-refractivity contribution in [2.45, 2.75) is 19.3 Å². The Bertz CT molecular complexity index is 422. The molecule has 16 heavy (non-hydrogen) atoms. The van der Waals surface area contributed by atoms with Gasteiger partial charge >= 0.3 is 5.97 Å². The molecular weight excluding hydrogens is 226 g/mol. The van der Waals surface area contributed by atoms with Gasteiger partial charge in [0.15, 0.2) is 5.41 Å². The molecule has 0 saturated carbocycles. The van der Waals surface area contributed by atoms with Gasteiger partial charge in [0, 0.05) is 5.02 Å². The normalized spacial score (nSPS) is 13.6. The molecule has 0 amide bonds. The van der Waals surface area contributed by atoms with Crippen LogP contribution in [0.25, 0.3) is 0 Å². The third kappa shape index (κ3) is 2.34. The second-order valence-electron chi connectivity index (χ2n) is 3.46. The molecule has 0 saturated heterocycles. The summed E-state index contributed by atoms with van der Waals surface area (Å²) in [6.07, 6.45) is 0. The Labute approximate surface area is 99.6 Å². The number of nitrogens with zero attached hydrogens (tertiary/aromatic N) is 1. The van der Waals surface area contributed by atoms with E-state index in [1.54, 1.807) is 31.2 Å². The summed E-state index contributed by atoms with van der Waals surface area (Å²) in [5, 5.41) is 9.68. The van der Waals surface area contributed by atoms with E-state index in [0.29, 0.717) is 10.6 Å². The smallest absolute Gasteiger partial charge is 0.330 e. The number of halogens is 1. The van der Waals surface area contributed by atoms with E-state index in [2.05, 4.69) is 0 Å². The van der Waals surface area contributed by atoms with E-state index in [0.717, 1.165) is 0 Å². The standard InChI is InChI=1S/C12H12ClNO2/c1-3-16-11(15)12(2,8-14)9-4-6-10(13)7-5-9/h4-7H,3H2,1-2H3. The van der Waals surface area contributed by atoms with Gasteiger partial charge in [-0.3, -0.25) is 0 Å². The molecular formula is C12H12ClNO2. The van der Waals surface area contributed by atoms with E-state index < -0.39 is 11.4 Å². The van der Waals surface area contributed by atoms with Gasteiger partial charge in [-0.1, -0.05) is 23.7 Å². The van der Waals surface area contributed by atoms with Crippen molar-refractivity contribution in [3.05, 3.63) is 34.9 Å². The minimum atomic E-state index is -1.28. The predicted molar refractivity (Wildman–Crippen MR) is 61.1 cm³/mol. The summed E-state index contributed by atoms with van der Waals surface area (Å²) < 4.78 is 4.89. The van der Waals surface area contributed by atoms with Crippen LogP contribution in [0.2, 0.25) is 5.02 Å². The zero-order valence-electron chi connectivity index (χ0n) is 9.16. The number of hydrogen-bond donors (Lipinski definition) is 0. The highest BCUT2D eigenvalue weighted by atomic mass is 35.5. The van der Waals surface area contributed by atoms with E-state index in [1.807, 2.05) is 6.07 Å². The van der Waals surface area contributed by atoms with Gasteiger partial charge in [-0.25, -0.2) is 4.79 Å². The number of hydrogen-bond acceptors (Lipinski definition) is 3. The molecule has 4 heteroatoms. The summed E-state index contributed by atoms with van der Waals surface area (Å²) in [7, 11) is 0. The first-order valence-electron chi connectivity index (χ1n) is 4.89. The zero-order valence-corrected chi connectivity index (χ0v) is 9.91. The fraction of sp³-hybridized carbons (Fsp3) is 0.333. The lowest BCUT2D eigenvalue weighted by molar-refractivity contribution is -0.147. The molecule has 0 N–H and O–H groups in total. The molecule has 0 aliphatic carbocycles. The molecule has 0 aliphatic rings. The SMILES string of the molecule is CCOC(=O)C(C)(C#N)c1ccc(Cl)cc1. The van der Waals surface area contributed by atoms with Crippen molar-refractivity contribution >= 4 is 17.6 Å². The number of ether oxygens (including phenoxy) is 1. The van der Waals surface area contributed by atoms with Gasteiger partial charge in [0.2, 0.25) is 0 Å². The second-order valence-corrected chi connectivity index (χ2v) is 3.90. The fourth-order valence-electron chi connectivity index (χ4n) is 1.29. The average molecular weight is 238 g/mol. The Morgan fingerprint density at radius 3 is 2.50 bits per heavy atom. The van der Waals surface area contributed by atoms with Crippen LogP contribution in [-0.2, 0) is 14.9 Å². The summed E-state index contributed by atoms with van der Waals surface area (Å²) in [6, 6.07) is 8.58. The molecule has 0 aliphatic heterocycles. The van der Waals surface area contributed by atoms with Crippen LogP contribution in [0.3, 0.4) is 0 Å². The van der Waals surface area contributed by atoms with Gasteiger partial charge < -0.3 is 4.74 Å². The predicted octanol–water partition coefficient (Wildman–Crippen LogP) is 2.68. The first-order valence-corrected chi connectivity index (χ1v) is 5.27. The maximum Gasteiger partial charge on any atom is 0.330 e. The summed E-state index contributed by atoms with van der Waals surface area (Å²) >= 11 is 5.75. The van der Waals surface area contributed by atoms with E-state index in [-0.39, 0.29) is 6.61 Å². The number of carbonyl (C=O) groups excluding carboxylic acids is 1. The van der Waals surface area contributed by atoms with Crippen LogP contribution < -0.4 is 0 Å². The topological polar surface area (TPSA) is 50.1 Å². The van der Waals surface area contributed by atoms with Crippen molar-refractivity contribution in [3.63, 3.8) is 0 Å². The average Bonchev–Trinajstić information content (AvgIpc) is 2.29. The zero-order chi connectivity index (χ0) is 12.2. The third-order valence-corrected chi connectivity index (χ3v) is 2.58. The van der Waals surface area contributed by atoms with Gasteiger partial charge in [-0.05, 0) is 31.5 Å². The first kappa shape index (κ1) is 12.5. The molecule has 1 aromatic rings. The number of carbonyl (C=O) groups is 1. The molecule has 0 bridgehead atoms. The van der Waals surface area contributed by atoms with Crippen molar-refractivity contribution in [1.82, 2.24) is 0 Å². The van der Waals surface area contributed by atoms with Crippen LogP contribution in [0.5, 0.6) is 0 Å². The molecule has 0 heterocycles. The summed E-state index contributed by atoms with van der Waals surface area (Å²) in [5.74, 6) is -0.542.